The van der Waals surface area contributed by atoms with Gasteiger partial charge in [0.15, 0.2) is 11.0 Å². The Bertz CT molecular complexity index is 1230. The zero-order valence-electron chi connectivity index (χ0n) is 18.8. The number of thioether (sulfide) groups is 1. The average molecular weight is 498 g/mol. The first-order valence-corrected chi connectivity index (χ1v) is 12.0. The van der Waals surface area contributed by atoms with Gasteiger partial charge in [0.25, 0.3) is 0 Å². The summed E-state index contributed by atoms with van der Waals surface area (Å²) in [6, 6.07) is 15.0. The van der Waals surface area contributed by atoms with Crippen LogP contribution in [-0.4, -0.2) is 57.1 Å². The molecule has 0 aliphatic rings. The van der Waals surface area contributed by atoms with Crippen molar-refractivity contribution in [2.24, 2.45) is 0 Å². The van der Waals surface area contributed by atoms with Gasteiger partial charge < -0.3 is 14.1 Å². The number of ether oxygens (including phenoxy) is 1. The molecule has 3 aromatic heterocycles. The van der Waals surface area contributed by atoms with Crippen LogP contribution in [0.3, 0.4) is 0 Å². The van der Waals surface area contributed by atoms with Crippen LogP contribution in [-0.2, 0) is 22.6 Å². The summed E-state index contributed by atoms with van der Waals surface area (Å²) in [5, 5.41) is 9.96. The molecular weight excluding hydrogens is 474 g/mol. The van der Waals surface area contributed by atoms with Gasteiger partial charge in [-0.25, -0.2) is 0 Å². The van der Waals surface area contributed by atoms with Crippen LogP contribution in [0.5, 0.6) is 0 Å². The molecule has 0 spiro atoms. The zero-order chi connectivity index (χ0) is 23.9. The number of aromatic nitrogens is 4. The van der Waals surface area contributed by atoms with Crippen LogP contribution in [0.2, 0.25) is 5.02 Å². The van der Waals surface area contributed by atoms with Gasteiger partial charge in [0.05, 0.1) is 25.4 Å². The van der Waals surface area contributed by atoms with Crippen molar-refractivity contribution in [1.82, 2.24) is 24.6 Å². The quantitative estimate of drug-likeness (QED) is 0.295. The van der Waals surface area contributed by atoms with Gasteiger partial charge in [-0.1, -0.05) is 23.4 Å². The number of benzene rings is 1. The first kappa shape index (κ1) is 24.0. The van der Waals surface area contributed by atoms with Crippen LogP contribution in [0.4, 0.5) is 0 Å². The monoisotopic (exact) mass is 497 g/mol. The fourth-order valence-electron chi connectivity index (χ4n) is 3.28. The molecule has 4 rings (SSSR count). The Morgan fingerprint density at radius 2 is 1.85 bits per heavy atom. The number of halogens is 1. The highest BCUT2D eigenvalue weighted by atomic mass is 35.5. The number of hydrogen-bond donors (Lipinski definition) is 0. The molecule has 34 heavy (non-hydrogen) atoms. The summed E-state index contributed by atoms with van der Waals surface area (Å²) in [6.45, 7) is 1.45. The number of carbonyl (C=O) groups is 1. The second-order valence-electron chi connectivity index (χ2n) is 7.50. The van der Waals surface area contributed by atoms with Crippen LogP contribution in [0, 0.1) is 0 Å². The molecule has 0 bridgehead atoms. The predicted molar refractivity (Wildman–Crippen MR) is 131 cm³/mol. The normalized spacial score (nSPS) is 11.0. The minimum absolute atomic E-state index is 0.0406. The third kappa shape index (κ3) is 5.85. The summed E-state index contributed by atoms with van der Waals surface area (Å²) in [7, 11) is 3.40. The fraction of sp³-hybridized carbons (Fsp3) is 0.250. The summed E-state index contributed by atoms with van der Waals surface area (Å²) < 4.78 is 13.1. The van der Waals surface area contributed by atoms with Crippen molar-refractivity contribution < 1.29 is 13.9 Å². The number of hydrogen-bond acceptors (Lipinski definition) is 7. The van der Waals surface area contributed by atoms with Crippen LogP contribution in [0.15, 0.2) is 70.5 Å². The minimum atomic E-state index is -0.0406. The molecule has 0 aliphatic heterocycles. The van der Waals surface area contributed by atoms with Crippen molar-refractivity contribution in [2.75, 3.05) is 26.5 Å². The summed E-state index contributed by atoms with van der Waals surface area (Å²) >= 11 is 7.30. The predicted octanol–water partition coefficient (Wildman–Crippen LogP) is 4.65. The molecule has 0 radical (unpaired) electrons. The summed E-state index contributed by atoms with van der Waals surface area (Å²) in [5.74, 6) is 2.34. The van der Waals surface area contributed by atoms with Gasteiger partial charge >= 0.3 is 0 Å². The lowest BCUT2D eigenvalue weighted by molar-refractivity contribution is -0.127. The zero-order valence-corrected chi connectivity index (χ0v) is 20.4. The van der Waals surface area contributed by atoms with E-state index in [-0.39, 0.29) is 11.7 Å². The highest BCUT2D eigenvalue weighted by Gasteiger charge is 2.18. The smallest absolute Gasteiger partial charge is 0.233 e. The summed E-state index contributed by atoms with van der Waals surface area (Å²) in [4.78, 5) is 18.5. The molecule has 0 saturated heterocycles. The molecule has 1 aromatic carbocycles. The standard InChI is InChI=1S/C24H24ClN5O3S/c1-29(15-20-7-8-21(33-20)17-3-5-19(25)6-4-17)22(31)16-34-24-28-27-23(30(24)13-14-32-2)18-9-11-26-12-10-18/h3-12H,13-16H2,1-2H3. The molecular formula is C24H24ClN5O3S. The third-order valence-electron chi connectivity index (χ3n) is 5.11. The van der Waals surface area contributed by atoms with Crippen molar-refractivity contribution in [1.29, 1.82) is 0 Å². The van der Waals surface area contributed by atoms with Crippen LogP contribution >= 0.6 is 23.4 Å². The number of nitrogens with zero attached hydrogens (tertiary/aromatic N) is 5. The molecule has 176 valence electrons. The van der Waals surface area contributed by atoms with E-state index in [1.165, 1.54) is 11.8 Å². The second-order valence-corrected chi connectivity index (χ2v) is 8.88. The van der Waals surface area contributed by atoms with E-state index >= 15 is 0 Å². The van der Waals surface area contributed by atoms with Crippen molar-refractivity contribution >= 4 is 29.3 Å². The average Bonchev–Trinajstić information content (AvgIpc) is 3.49. The van der Waals surface area contributed by atoms with Crippen LogP contribution in [0.25, 0.3) is 22.7 Å². The maximum Gasteiger partial charge on any atom is 0.233 e. The van der Waals surface area contributed by atoms with E-state index in [1.54, 1.807) is 31.5 Å². The minimum Gasteiger partial charge on any atom is -0.459 e. The van der Waals surface area contributed by atoms with E-state index in [1.807, 2.05) is 53.1 Å². The number of pyridine rings is 1. The Balaban J connectivity index is 1.39. The number of amides is 1. The first-order valence-electron chi connectivity index (χ1n) is 10.6. The summed E-state index contributed by atoms with van der Waals surface area (Å²) in [6.07, 6.45) is 3.42. The molecule has 0 saturated carbocycles. The van der Waals surface area contributed by atoms with Gasteiger partial charge in [0, 0.05) is 42.7 Å². The number of rotatable bonds is 10. The van der Waals surface area contributed by atoms with E-state index in [0.717, 1.165) is 16.9 Å². The van der Waals surface area contributed by atoms with Crippen LogP contribution < -0.4 is 0 Å². The van der Waals surface area contributed by atoms with Gasteiger partial charge in [0.2, 0.25) is 5.91 Å². The van der Waals surface area contributed by atoms with E-state index in [9.17, 15) is 4.79 Å². The molecule has 10 heteroatoms. The summed E-state index contributed by atoms with van der Waals surface area (Å²) in [5.41, 5.74) is 1.84. The fourth-order valence-corrected chi connectivity index (χ4v) is 4.32. The SMILES string of the molecule is COCCn1c(SCC(=O)N(C)Cc2ccc(-c3ccc(Cl)cc3)o2)nnc1-c1ccncc1. The maximum atomic E-state index is 12.8. The molecule has 0 unspecified atom stereocenters. The largest absolute Gasteiger partial charge is 0.459 e. The lowest BCUT2D eigenvalue weighted by Gasteiger charge is -2.15. The number of methoxy groups -OCH3 is 1. The highest BCUT2D eigenvalue weighted by molar-refractivity contribution is 7.99. The van der Waals surface area contributed by atoms with Crippen molar-refractivity contribution in [2.45, 2.75) is 18.2 Å². The van der Waals surface area contributed by atoms with Gasteiger partial charge in [-0.05, 0) is 48.5 Å². The van der Waals surface area contributed by atoms with E-state index in [0.29, 0.717) is 41.5 Å². The Kier molecular flexibility index (Phi) is 7.99. The van der Waals surface area contributed by atoms with Crippen molar-refractivity contribution in [3.8, 4) is 22.7 Å². The van der Waals surface area contributed by atoms with Crippen molar-refractivity contribution in [3.63, 3.8) is 0 Å². The number of carbonyl (C=O) groups excluding carboxylic acids is 1. The van der Waals surface area contributed by atoms with E-state index in [2.05, 4.69) is 15.2 Å². The molecule has 3 heterocycles. The Hall–Kier alpha value is -3.14. The maximum absolute atomic E-state index is 12.8. The topological polar surface area (TPSA) is 86.3 Å². The molecule has 8 nitrogen and oxygen atoms in total. The van der Waals surface area contributed by atoms with E-state index < -0.39 is 0 Å². The van der Waals surface area contributed by atoms with Gasteiger partial charge in [-0.3, -0.25) is 14.3 Å². The molecule has 0 atom stereocenters. The Morgan fingerprint density at radius 1 is 1.09 bits per heavy atom. The molecule has 0 aliphatic carbocycles. The van der Waals surface area contributed by atoms with Gasteiger partial charge in [-0.15, -0.1) is 10.2 Å². The Labute approximate surface area is 206 Å². The third-order valence-corrected chi connectivity index (χ3v) is 6.31. The van der Waals surface area contributed by atoms with Gasteiger partial charge in [0.1, 0.15) is 11.5 Å². The second kappa shape index (κ2) is 11.3. The molecule has 0 fully saturated rings. The van der Waals surface area contributed by atoms with Crippen LogP contribution in [0.1, 0.15) is 5.76 Å². The highest BCUT2D eigenvalue weighted by Crippen LogP contribution is 2.26. The van der Waals surface area contributed by atoms with Gasteiger partial charge in [-0.2, -0.15) is 0 Å². The first-order chi connectivity index (χ1) is 16.5. The Morgan fingerprint density at radius 3 is 2.59 bits per heavy atom. The van der Waals surface area contributed by atoms with Crippen molar-refractivity contribution in [3.05, 3.63) is 71.7 Å². The molecule has 4 aromatic rings. The molecule has 1 amide bonds. The lowest BCUT2D eigenvalue weighted by atomic mass is 10.2. The molecule has 0 N–H and O–H groups in total. The number of furan rings is 1. The van der Waals surface area contributed by atoms with E-state index in [4.69, 9.17) is 20.8 Å². The lowest BCUT2D eigenvalue weighted by Crippen LogP contribution is -2.27.